The van der Waals surface area contributed by atoms with Crippen molar-refractivity contribution in [3.63, 3.8) is 0 Å². The van der Waals surface area contributed by atoms with Crippen LogP contribution in [0.5, 0.6) is 0 Å². The number of benzene rings is 1. The molecule has 0 atom stereocenters. The van der Waals surface area contributed by atoms with Crippen LogP contribution in [0, 0.1) is 0 Å². The Hall–Kier alpha value is -2.04. The highest BCUT2D eigenvalue weighted by atomic mass is 16.5. The Labute approximate surface area is 106 Å². The number of nitrogens with two attached hydrogens (primary N) is 1. The molecule has 0 aliphatic carbocycles. The third kappa shape index (κ3) is 4.86. The third-order valence-corrected chi connectivity index (χ3v) is 2.41. The molecule has 5 nitrogen and oxygen atoms in total. The first-order chi connectivity index (χ1) is 8.63. The van der Waals surface area contributed by atoms with Gasteiger partial charge in [0.2, 0.25) is 0 Å². The lowest BCUT2D eigenvalue weighted by Gasteiger charge is -2.06. The molecule has 2 N–H and O–H groups in total. The van der Waals surface area contributed by atoms with Crippen molar-refractivity contribution in [3.8, 4) is 0 Å². The highest BCUT2D eigenvalue weighted by Gasteiger charge is 2.07. The van der Waals surface area contributed by atoms with Crippen LogP contribution in [0.25, 0.3) is 0 Å². The molecule has 0 spiro atoms. The van der Waals surface area contributed by atoms with Crippen molar-refractivity contribution >= 4 is 17.6 Å². The molecule has 0 heterocycles. The van der Waals surface area contributed by atoms with Crippen LogP contribution in [0.4, 0.5) is 5.69 Å². The molecule has 0 unspecified atom stereocenters. The Morgan fingerprint density at radius 3 is 2.61 bits per heavy atom. The smallest absolute Gasteiger partial charge is 0.310 e. The van der Waals surface area contributed by atoms with Crippen LogP contribution in [-0.4, -0.2) is 25.7 Å². The van der Waals surface area contributed by atoms with E-state index in [4.69, 9.17) is 10.5 Å². The number of para-hydroxylation sites is 1. The summed E-state index contributed by atoms with van der Waals surface area (Å²) < 4.78 is 9.47. The maximum atomic E-state index is 11.5. The van der Waals surface area contributed by atoms with Gasteiger partial charge in [0.15, 0.2) is 0 Å². The van der Waals surface area contributed by atoms with Crippen molar-refractivity contribution < 1.29 is 19.1 Å². The van der Waals surface area contributed by atoms with E-state index in [1.165, 1.54) is 7.11 Å². The predicted octanol–water partition coefficient (Wildman–Crippen LogP) is 1.31. The van der Waals surface area contributed by atoms with Gasteiger partial charge in [0.1, 0.15) is 0 Å². The van der Waals surface area contributed by atoms with Crippen molar-refractivity contribution in [1.29, 1.82) is 0 Å². The highest BCUT2D eigenvalue weighted by Crippen LogP contribution is 2.11. The van der Waals surface area contributed by atoms with Crippen molar-refractivity contribution in [3.05, 3.63) is 29.8 Å². The molecule has 0 aliphatic heterocycles. The van der Waals surface area contributed by atoms with Crippen molar-refractivity contribution in [2.75, 3.05) is 19.5 Å². The summed E-state index contributed by atoms with van der Waals surface area (Å²) in [4.78, 5) is 22.3. The van der Waals surface area contributed by atoms with Gasteiger partial charge < -0.3 is 15.2 Å². The van der Waals surface area contributed by atoms with Crippen LogP contribution in [-0.2, 0) is 25.5 Å². The van der Waals surface area contributed by atoms with Crippen molar-refractivity contribution in [2.24, 2.45) is 0 Å². The van der Waals surface area contributed by atoms with E-state index in [2.05, 4.69) is 4.74 Å². The monoisotopic (exact) mass is 251 g/mol. The summed E-state index contributed by atoms with van der Waals surface area (Å²) >= 11 is 0. The number of anilines is 1. The van der Waals surface area contributed by atoms with Crippen LogP contribution in [0.2, 0.25) is 0 Å². The lowest BCUT2D eigenvalue weighted by molar-refractivity contribution is -0.145. The highest BCUT2D eigenvalue weighted by molar-refractivity contribution is 5.75. The molecule has 0 saturated carbocycles. The Morgan fingerprint density at radius 1 is 1.22 bits per heavy atom. The van der Waals surface area contributed by atoms with Crippen LogP contribution >= 0.6 is 0 Å². The van der Waals surface area contributed by atoms with E-state index in [9.17, 15) is 9.59 Å². The molecule has 0 saturated heterocycles. The summed E-state index contributed by atoms with van der Waals surface area (Å²) in [6.45, 7) is 0.209. The molecule has 5 heteroatoms. The normalized spacial score (nSPS) is 9.83. The second-order valence-corrected chi connectivity index (χ2v) is 3.78. The summed E-state index contributed by atoms with van der Waals surface area (Å²) in [6.07, 6.45) is 0.852. The van der Waals surface area contributed by atoms with Crippen LogP contribution < -0.4 is 5.73 Å². The molecular formula is C13H17NO4. The maximum absolute atomic E-state index is 11.5. The third-order valence-electron chi connectivity index (χ3n) is 2.41. The molecule has 0 aliphatic rings. The lowest BCUT2D eigenvalue weighted by Crippen LogP contribution is -2.11. The topological polar surface area (TPSA) is 78.6 Å². The minimum Gasteiger partial charge on any atom is -0.469 e. The van der Waals surface area contributed by atoms with Crippen LogP contribution in [0.1, 0.15) is 18.4 Å². The Bertz CT molecular complexity index is 417. The summed E-state index contributed by atoms with van der Waals surface area (Å²) in [5.74, 6) is -0.656. The van der Waals surface area contributed by atoms with E-state index in [1.807, 2.05) is 6.07 Å². The first kappa shape index (κ1) is 14.0. The second-order valence-electron chi connectivity index (χ2n) is 3.78. The van der Waals surface area contributed by atoms with Crippen molar-refractivity contribution in [2.45, 2.75) is 19.3 Å². The van der Waals surface area contributed by atoms with Gasteiger partial charge in [-0.05, 0) is 18.1 Å². The first-order valence-electron chi connectivity index (χ1n) is 5.69. The fourth-order valence-corrected chi connectivity index (χ4v) is 1.41. The van der Waals surface area contributed by atoms with Gasteiger partial charge in [-0.15, -0.1) is 0 Å². The first-order valence-corrected chi connectivity index (χ1v) is 5.69. The number of hydrogen-bond donors (Lipinski definition) is 1. The van der Waals surface area contributed by atoms with E-state index in [1.54, 1.807) is 18.2 Å². The van der Waals surface area contributed by atoms with Gasteiger partial charge in [0.05, 0.1) is 20.1 Å². The van der Waals surface area contributed by atoms with E-state index >= 15 is 0 Å². The van der Waals surface area contributed by atoms with Gasteiger partial charge in [-0.1, -0.05) is 18.2 Å². The fraction of sp³-hybridized carbons (Fsp3) is 0.385. The van der Waals surface area contributed by atoms with Gasteiger partial charge in [-0.25, -0.2) is 0 Å². The Morgan fingerprint density at radius 2 is 1.94 bits per heavy atom. The average Bonchev–Trinajstić information content (AvgIpc) is 2.37. The van der Waals surface area contributed by atoms with Gasteiger partial charge in [-0.3, -0.25) is 9.59 Å². The molecule has 0 fully saturated rings. The molecule has 1 aromatic carbocycles. The molecular weight excluding hydrogens is 234 g/mol. The minimum absolute atomic E-state index is 0.144. The maximum Gasteiger partial charge on any atom is 0.310 e. The Kier molecular flexibility index (Phi) is 5.70. The van der Waals surface area contributed by atoms with E-state index < -0.39 is 0 Å². The number of hydrogen-bond acceptors (Lipinski definition) is 5. The molecule has 0 aromatic heterocycles. The van der Waals surface area contributed by atoms with E-state index in [0.29, 0.717) is 12.1 Å². The number of rotatable bonds is 6. The van der Waals surface area contributed by atoms with E-state index in [0.717, 1.165) is 5.56 Å². The molecule has 18 heavy (non-hydrogen) atoms. The van der Waals surface area contributed by atoms with Crippen LogP contribution in [0.3, 0.4) is 0 Å². The average molecular weight is 251 g/mol. The predicted molar refractivity (Wildman–Crippen MR) is 66.8 cm³/mol. The number of methoxy groups -OCH3 is 1. The zero-order valence-electron chi connectivity index (χ0n) is 10.3. The summed E-state index contributed by atoms with van der Waals surface area (Å²) in [6, 6.07) is 7.14. The van der Waals surface area contributed by atoms with Gasteiger partial charge in [-0.2, -0.15) is 0 Å². The van der Waals surface area contributed by atoms with Gasteiger partial charge >= 0.3 is 11.9 Å². The number of carbonyl (C=O) groups is 2. The van der Waals surface area contributed by atoms with Gasteiger partial charge in [0, 0.05) is 12.1 Å². The molecule has 1 aromatic rings. The number of esters is 2. The molecule has 0 bridgehead atoms. The number of carbonyl (C=O) groups excluding carboxylic acids is 2. The number of ether oxygens (including phenoxy) is 2. The molecule has 0 radical (unpaired) electrons. The fourth-order valence-electron chi connectivity index (χ4n) is 1.41. The minimum atomic E-state index is -0.349. The van der Waals surface area contributed by atoms with Crippen molar-refractivity contribution in [1.82, 2.24) is 0 Å². The molecule has 1 rings (SSSR count). The summed E-state index contributed by atoms with van der Waals surface area (Å²) in [5, 5.41) is 0. The quantitative estimate of drug-likeness (QED) is 0.468. The largest absolute Gasteiger partial charge is 0.469 e. The van der Waals surface area contributed by atoms with E-state index in [-0.39, 0.29) is 31.4 Å². The van der Waals surface area contributed by atoms with Crippen LogP contribution in [0.15, 0.2) is 24.3 Å². The summed E-state index contributed by atoms with van der Waals surface area (Å²) in [5.41, 5.74) is 7.03. The lowest BCUT2D eigenvalue weighted by atomic mass is 10.1. The standard InChI is InChI=1S/C13H17NO4/c1-17-12(15)7-4-8-18-13(16)9-10-5-2-3-6-11(10)14/h2-3,5-6H,4,7-9,14H2,1H3. The molecule has 0 amide bonds. The number of nitrogen functional groups attached to an aromatic ring is 1. The summed E-state index contributed by atoms with van der Waals surface area (Å²) in [7, 11) is 1.33. The SMILES string of the molecule is COC(=O)CCCOC(=O)Cc1ccccc1N. The zero-order chi connectivity index (χ0) is 13.4. The molecule has 98 valence electrons. The Balaban J connectivity index is 2.26. The zero-order valence-corrected chi connectivity index (χ0v) is 10.3. The van der Waals surface area contributed by atoms with Gasteiger partial charge in [0.25, 0.3) is 0 Å². The second kappa shape index (κ2) is 7.32.